The molecule has 2 rings (SSSR count). The van der Waals surface area contributed by atoms with E-state index < -0.39 is 0 Å². The lowest BCUT2D eigenvalue weighted by atomic mass is 10.3. The number of aromatic nitrogens is 2. The van der Waals surface area contributed by atoms with Crippen LogP contribution in [-0.4, -0.2) is 27.9 Å². The molecule has 0 aliphatic heterocycles. The Hall–Kier alpha value is -1.12. The van der Waals surface area contributed by atoms with Crippen LogP contribution in [-0.2, 0) is 11.2 Å². The summed E-state index contributed by atoms with van der Waals surface area (Å²) in [5.74, 6) is -0.340. The molecule has 2 heterocycles. The van der Waals surface area contributed by atoms with Crippen molar-refractivity contribution in [3.63, 3.8) is 0 Å². The first kappa shape index (κ1) is 14.3. The molecule has 19 heavy (non-hydrogen) atoms. The number of thiophene rings is 1. The maximum absolute atomic E-state index is 11.0. The maximum atomic E-state index is 11.0. The number of rotatable bonds is 7. The summed E-state index contributed by atoms with van der Waals surface area (Å²) in [6.45, 7) is 2.59. The highest BCUT2D eigenvalue weighted by molar-refractivity contribution is 8.02. The molecule has 2 aromatic rings. The molecule has 0 bridgehead atoms. The van der Waals surface area contributed by atoms with Gasteiger partial charge in [0.1, 0.15) is 0 Å². The third kappa shape index (κ3) is 4.48. The number of amides is 1. The Kier molecular flexibility index (Phi) is 5.17. The van der Waals surface area contributed by atoms with Crippen molar-refractivity contribution in [2.24, 2.45) is 5.73 Å². The van der Waals surface area contributed by atoms with Gasteiger partial charge in [0.15, 0.2) is 4.34 Å². The molecule has 1 unspecified atom stereocenters. The number of hydrogen-bond acceptors (Lipinski definition) is 7. The highest BCUT2D eigenvalue weighted by Gasteiger charge is 2.13. The topological polar surface area (TPSA) is 80.9 Å². The normalized spacial score (nSPS) is 12.3. The number of thioether (sulfide) groups is 1. The molecule has 3 N–H and O–H groups in total. The van der Waals surface area contributed by atoms with E-state index in [9.17, 15) is 4.79 Å². The van der Waals surface area contributed by atoms with Crippen LogP contribution < -0.4 is 11.1 Å². The molecule has 0 saturated heterocycles. The Morgan fingerprint density at radius 3 is 3.11 bits per heavy atom. The van der Waals surface area contributed by atoms with Crippen LogP contribution in [0.4, 0.5) is 5.13 Å². The van der Waals surface area contributed by atoms with Gasteiger partial charge in [0, 0.05) is 11.4 Å². The molecule has 0 aliphatic carbocycles. The zero-order chi connectivity index (χ0) is 13.7. The second-order valence-electron chi connectivity index (χ2n) is 3.79. The zero-order valence-corrected chi connectivity index (χ0v) is 12.8. The summed E-state index contributed by atoms with van der Waals surface area (Å²) in [7, 11) is 0. The molecule has 8 heteroatoms. The van der Waals surface area contributed by atoms with Crippen LogP contribution in [0.1, 0.15) is 11.8 Å². The van der Waals surface area contributed by atoms with Crippen LogP contribution in [0.25, 0.3) is 0 Å². The Bertz CT molecular complexity index is 526. The molecule has 0 aromatic carbocycles. The number of nitrogens with one attached hydrogen (secondary N) is 1. The Labute approximate surface area is 123 Å². The standard InChI is InChI=1S/C11H14N4OS3/c1-7(9(12)16)18-11-15-14-10(19-11)13-5-4-8-3-2-6-17-8/h2-3,6-7H,4-5H2,1H3,(H2,12,16)(H,13,14). The second-order valence-corrected chi connectivity index (χ2v) is 7.39. The van der Waals surface area contributed by atoms with Gasteiger partial charge >= 0.3 is 0 Å². The summed E-state index contributed by atoms with van der Waals surface area (Å²) in [4.78, 5) is 12.3. The molecular formula is C11H14N4OS3. The molecule has 0 spiro atoms. The minimum Gasteiger partial charge on any atom is -0.369 e. The van der Waals surface area contributed by atoms with E-state index in [1.165, 1.54) is 28.0 Å². The average molecular weight is 314 g/mol. The van der Waals surface area contributed by atoms with Crippen molar-refractivity contribution >= 4 is 45.5 Å². The van der Waals surface area contributed by atoms with E-state index in [-0.39, 0.29) is 11.2 Å². The molecule has 5 nitrogen and oxygen atoms in total. The second kappa shape index (κ2) is 6.88. The van der Waals surface area contributed by atoms with E-state index >= 15 is 0 Å². The highest BCUT2D eigenvalue weighted by atomic mass is 32.2. The summed E-state index contributed by atoms with van der Waals surface area (Å²) >= 11 is 4.52. The van der Waals surface area contributed by atoms with Crippen molar-refractivity contribution < 1.29 is 4.79 Å². The van der Waals surface area contributed by atoms with Gasteiger partial charge in [-0.05, 0) is 24.8 Å². The van der Waals surface area contributed by atoms with Crippen molar-refractivity contribution in [3.05, 3.63) is 22.4 Å². The number of nitrogens with two attached hydrogens (primary N) is 1. The fourth-order valence-electron chi connectivity index (χ4n) is 1.29. The lowest BCUT2D eigenvalue weighted by Gasteiger charge is -2.01. The van der Waals surface area contributed by atoms with Gasteiger partial charge in [0.25, 0.3) is 0 Å². The van der Waals surface area contributed by atoms with Crippen molar-refractivity contribution in [1.29, 1.82) is 0 Å². The van der Waals surface area contributed by atoms with Crippen molar-refractivity contribution in [2.75, 3.05) is 11.9 Å². The summed E-state index contributed by atoms with van der Waals surface area (Å²) in [6, 6.07) is 4.16. The largest absolute Gasteiger partial charge is 0.369 e. The molecular weight excluding hydrogens is 300 g/mol. The van der Waals surface area contributed by atoms with Gasteiger partial charge in [0.2, 0.25) is 11.0 Å². The van der Waals surface area contributed by atoms with Crippen molar-refractivity contribution in [3.8, 4) is 0 Å². The molecule has 2 aromatic heterocycles. The van der Waals surface area contributed by atoms with E-state index in [4.69, 9.17) is 5.73 Å². The molecule has 1 amide bonds. The van der Waals surface area contributed by atoms with Gasteiger partial charge in [-0.1, -0.05) is 29.2 Å². The zero-order valence-electron chi connectivity index (χ0n) is 10.3. The van der Waals surface area contributed by atoms with Crippen LogP contribution >= 0.6 is 34.4 Å². The van der Waals surface area contributed by atoms with E-state index in [1.54, 1.807) is 18.3 Å². The van der Waals surface area contributed by atoms with Crippen molar-refractivity contribution in [2.45, 2.75) is 22.9 Å². The van der Waals surface area contributed by atoms with Crippen LogP contribution in [0.15, 0.2) is 21.9 Å². The number of hydrogen-bond donors (Lipinski definition) is 2. The lowest BCUT2D eigenvalue weighted by molar-refractivity contribution is -0.117. The minimum atomic E-state index is -0.340. The van der Waals surface area contributed by atoms with Gasteiger partial charge in [0.05, 0.1) is 5.25 Å². The SMILES string of the molecule is CC(Sc1nnc(NCCc2cccs2)s1)C(N)=O. The summed E-state index contributed by atoms with van der Waals surface area (Å²) < 4.78 is 0.755. The predicted octanol–water partition coefficient (Wildman–Crippen LogP) is 2.22. The minimum absolute atomic E-state index is 0.285. The van der Waals surface area contributed by atoms with Crippen molar-refractivity contribution in [1.82, 2.24) is 10.2 Å². The molecule has 102 valence electrons. The van der Waals surface area contributed by atoms with E-state index in [1.807, 2.05) is 6.07 Å². The average Bonchev–Trinajstić information content (AvgIpc) is 3.01. The lowest BCUT2D eigenvalue weighted by Crippen LogP contribution is -2.22. The van der Waals surface area contributed by atoms with Crippen LogP contribution in [0, 0.1) is 0 Å². The van der Waals surface area contributed by atoms with Gasteiger partial charge in [-0.3, -0.25) is 4.79 Å². The molecule has 0 radical (unpaired) electrons. The van der Waals surface area contributed by atoms with E-state index in [0.29, 0.717) is 0 Å². The number of carbonyl (C=O) groups is 1. The number of primary amides is 1. The molecule has 0 fully saturated rings. The van der Waals surface area contributed by atoms with Gasteiger partial charge in [-0.15, -0.1) is 21.5 Å². The summed E-state index contributed by atoms with van der Waals surface area (Å²) in [6.07, 6.45) is 0.970. The first-order chi connectivity index (χ1) is 9.15. The Morgan fingerprint density at radius 1 is 1.58 bits per heavy atom. The predicted molar refractivity (Wildman–Crippen MR) is 80.9 cm³/mol. The Morgan fingerprint density at radius 2 is 2.42 bits per heavy atom. The number of anilines is 1. The summed E-state index contributed by atoms with van der Waals surface area (Å²) in [5.41, 5.74) is 5.21. The number of carbonyl (C=O) groups excluding carboxylic acids is 1. The fourth-order valence-corrected chi connectivity index (χ4v) is 3.87. The quantitative estimate of drug-likeness (QED) is 0.766. The van der Waals surface area contributed by atoms with E-state index in [0.717, 1.165) is 22.4 Å². The monoisotopic (exact) mass is 314 g/mol. The first-order valence-electron chi connectivity index (χ1n) is 5.71. The molecule has 1 atom stereocenters. The maximum Gasteiger partial charge on any atom is 0.230 e. The van der Waals surface area contributed by atoms with Crippen LogP contribution in [0.5, 0.6) is 0 Å². The third-order valence-corrected chi connectivity index (χ3v) is 5.33. The number of nitrogens with zero attached hydrogens (tertiary/aromatic N) is 2. The first-order valence-corrected chi connectivity index (χ1v) is 8.28. The molecule has 0 saturated carbocycles. The smallest absolute Gasteiger partial charge is 0.230 e. The van der Waals surface area contributed by atoms with Gasteiger partial charge in [-0.2, -0.15) is 0 Å². The molecule has 0 aliphatic rings. The summed E-state index contributed by atoms with van der Waals surface area (Å²) in [5, 5.41) is 13.8. The van der Waals surface area contributed by atoms with Crippen LogP contribution in [0.2, 0.25) is 0 Å². The fraction of sp³-hybridized carbons (Fsp3) is 0.364. The Balaban J connectivity index is 1.79. The third-order valence-electron chi connectivity index (χ3n) is 2.31. The van der Waals surface area contributed by atoms with E-state index in [2.05, 4.69) is 27.0 Å². The van der Waals surface area contributed by atoms with Gasteiger partial charge in [-0.25, -0.2) is 0 Å². The van der Waals surface area contributed by atoms with Gasteiger partial charge < -0.3 is 11.1 Å². The van der Waals surface area contributed by atoms with Crippen LogP contribution in [0.3, 0.4) is 0 Å². The highest BCUT2D eigenvalue weighted by Crippen LogP contribution is 2.28.